The van der Waals surface area contributed by atoms with Crippen molar-refractivity contribution in [2.45, 2.75) is 39.2 Å². The van der Waals surface area contributed by atoms with Crippen LogP contribution >= 0.6 is 0 Å². The molecule has 2 fully saturated rings. The van der Waals surface area contributed by atoms with E-state index in [2.05, 4.69) is 9.97 Å². The van der Waals surface area contributed by atoms with E-state index in [1.165, 1.54) is 6.07 Å². The van der Waals surface area contributed by atoms with Gasteiger partial charge >= 0.3 is 0 Å². The Morgan fingerprint density at radius 2 is 2.00 bits per heavy atom. The fourth-order valence-corrected chi connectivity index (χ4v) is 4.48. The van der Waals surface area contributed by atoms with Crippen LogP contribution in [0.5, 0.6) is 5.75 Å². The second-order valence-corrected chi connectivity index (χ2v) is 8.25. The smallest absolute Gasteiger partial charge is 0.257 e. The molecule has 3 heterocycles. The molecule has 29 heavy (non-hydrogen) atoms. The van der Waals surface area contributed by atoms with Crippen LogP contribution in [0.2, 0.25) is 0 Å². The molecule has 2 aromatic rings. The van der Waals surface area contributed by atoms with Gasteiger partial charge in [-0.05, 0) is 38.3 Å². The summed E-state index contributed by atoms with van der Waals surface area (Å²) in [5.41, 5.74) is 1.85. The first-order valence-corrected chi connectivity index (χ1v) is 10.1. The van der Waals surface area contributed by atoms with Crippen LogP contribution in [0.4, 0.5) is 0 Å². The first-order chi connectivity index (χ1) is 14.0. The van der Waals surface area contributed by atoms with Crippen molar-refractivity contribution in [1.29, 1.82) is 0 Å². The molecule has 7 nitrogen and oxygen atoms in total. The molecule has 1 aromatic heterocycles. The largest absolute Gasteiger partial charge is 0.507 e. The van der Waals surface area contributed by atoms with Crippen molar-refractivity contribution in [3.63, 3.8) is 0 Å². The monoisotopic (exact) mass is 394 g/mol. The lowest BCUT2D eigenvalue weighted by Crippen LogP contribution is -2.54. The number of amides is 2. The Balaban J connectivity index is 1.49. The Labute approximate surface area is 170 Å². The van der Waals surface area contributed by atoms with Crippen LogP contribution in [0.1, 0.15) is 47.4 Å². The number of hydrogen-bond donors (Lipinski definition) is 1. The minimum atomic E-state index is -0.143. The summed E-state index contributed by atoms with van der Waals surface area (Å²) in [6.07, 6.45) is 6.59. The normalized spacial score (nSPS) is 22.2. The summed E-state index contributed by atoms with van der Waals surface area (Å²) in [5, 5.41) is 10.1. The molecular weight excluding hydrogens is 368 g/mol. The van der Waals surface area contributed by atoms with Crippen LogP contribution in [0.15, 0.2) is 36.7 Å². The molecule has 0 bridgehead atoms. The minimum absolute atomic E-state index is 0.00974. The van der Waals surface area contributed by atoms with Gasteiger partial charge in [0.15, 0.2) is 0 Å². The number of likely N-dealkylation sites (tertiary alicyclic amines) is 2. The molecule has 1 atom stereocenters. The van der Waals surface area contributed by atoms with Crippen LogP contribution in [0.3, 0.4) is 0 Å². The zero-order valence-electron chi connectivity index (χ0n) is 16.7. The van der Waals surface area contributed by atoms with Gasteiger partial charge in [-0.15, -0.1) is 0 Å². The van der Waals surface area contributed by atoms with Gasteiger partial charge in [-0.1, -0.05) is 12.1 Å². The average molecular weight is 394 g/mol. The number of nitrogens with zero attached hydrogens (tertiary/aromatic N) is 4. The molecule has 0 saturated carbocycles. The Hall–Kier alpha value is -2.96. The number of aromatic nitrogens is 2. The van der Waals surface area contributed by atoms with Crippen LogP contribution in [0.25, 0.3) is 0 Å². The Bertz CT molecular complexity index is 915. The predicted molar refractivity (Wildman–Crippen MR) is 107 cm³/mol. The Morgan fingerprint density at radius 3 is 2.76 bits per heavy atom. The Kier molecular flexibility index (Phi) is 5.22. The summed E-state index contributed by atoms with van der Waals surface area (Å²) in [7, 11) is 0. The topological polar surface area (TPSA) is 86.6 Å². The van der Waals surface area contributed by atoms with Gasteiger partial charge in [-0.25, -0.2) is 0 Å². The van der Waals surface area contributed by atoms with Crippen molar-refractivity contribution >= 4 is 11.8 Å². The van der Waals surface area contributed by atoms with Crippen molar-refractivity contribution < 1.29 is 14.7 Å². The molecule has 1 spiro atoms. The molecule has 4 rings (SSSR count). The number of para-hydroxylation sites is 1. The maximum atomic E-state index is 13.0. The summed E-state index contributed by atoms with van der Waals surface area (Å²) in [6, 6.07) is 6.67. The van der Waals surface area contributed by atoms with E-state index in [0.717, 1.165) is 30.7 Å². The highest BCUT2D eigenvalue weighted by Crippen LogP contribution is 2.40. The molecule has 2 amide bonds. The van der Waals surface area contributed by atoms with E-state index < -0.39 is 0 Å². The minimum Gasteiger partial charge on any atom is -0.507 e. The van der Waals surface area contributed by atoms with E-state index in [0.29, 0.717) is 38.2 Å². The average Bonchev–Trinajstić information content (AvgIpc) is 2.73. The lowest BCUT2D eigenvalue weighted by molar-refractivity contribution is -0.139. The first-order valence-electron chi connectivity index (χ1n) is 10.1. The standard InChI is InChI=1S/C22H26N4O3/c1-16-11-24-17(12-23-16)13-26-15-22(9-7-20(26)28)8-4-10-25(14-22)21(29)18-5-2-3-6-19(18)27/h2-3,5-6,11-12,27H,4,7-10,13-15H2,1H3/t22-/m0/s1. The van der Waals surface area contributed by atoms with Gasteiger partial charge in [-0.3, -0.25) is 19.6 Å². The maximum absolute atomic E-state index is 13.0. The fourth-order valence-electron chi connectivity index (χ4n) is 4.48. The number of carbonyl (C=O) groups is 2. The summed E-state index contributed by atoms with van der Waals surface area (Å²) < 4.78 is 0. The summed E-state index contributed by atoms with van der Waals surface area (Å²) >= 11 is 0. The molecule has 0 aliphatic carbocycles. The summed E-state index contributed by atoms with van der Waals surface area (Å²) in [6.45, 7) is 4.22. The molecular formula is C22H26N4O3. The lowest BCUT2D eigenvalue weighted by atomic mass is 9.73. The van der Waals surface area contributed by atoms with Crippen LogP contribution in [0, 0.1) is 12.3 Å². The van der Waals surface area contributed by atoms with Gasteiger partial charge < -0.3 is 14.9 Å². The maximum Gasteiger partial charge on any atom is 0.257 e. The van der Waals surface area contributed by atoms with Gasteiger partial charge in [0.05, 0.1) is 29.7 Å². The highest BCUT2D eigenvalue weighted by molar-refractivity contribution is 5.96. The van der Waals surface area contributed by atoms with Crippen molar-refractivity contribution in [3.8, 4) is 5.75 Å². The highest BCUT2D eigenvalue weighted by Gasteiger charge is 2.43. The fraction of sp³-hybridized carbons (Fsp3) is 0.455. The van der Waals surface area contributed by atoms with E-state index in [1.807, 2.05) is 16.7 Å². The number of phenolic OH excluding ortho intramolecular Hbond substituents is 1. The molecule has 152 valence electrons. The molecule has 1 aromatic carbocycles. The number of phenols is 1. The molecule has 7 heteroatoms. The van der Waals surface area contributed by atoms with Crippen molar-refractivity contribution in [3.05, 3.63) is 53.6 Å². The Morgan fingerprint density at radius 1 is 1.17 bits per heavy atom. The van der Waals surface area contributed by atoms with E-state index in [-0.39, 0.29) is 23.0 Å². The third-order valence-corrected chi connectivity index (χ3v) is 6.02. The molecule has 2 saturated heterocycles. The van der Waals surface area contributed by atoms with Crippen LogP contribution in [-0.4, -0.2) is 56.3 Å². The van der Waals surface area contributed by atoms with Gasteiger partial charge in [-0.2, -0.15) is 0 Å². The van der Waals surface area contributed by atoms with Crippen molar-refractivity contribution in [2.75, 3.05) is 19.6 Å². The van der Waals surface area contributed by atoms with Crippen molar-refractivity contribution in [2.24, 2.45) is 5.41 Å². The zero-order chi connectivity index (χ0) is 20.4. The second-order valence-electron chi connectivity index (χ2n) is 8.25. The SMILES string of the molecule is Cc1cnc(CN2C[C@@]3(CCCN(C(=O)c4ccccc4O)C3)CCC2=O)cn1. The van der Waals surface area contributed by atoms with E-state index in [9.17, 15) is 14.7 Å². The quantitative estimate of drug-likeness (QED) is 0.865. The van der Waals surface area contributed by atoms with Gasteiger partial charge in [0.2, 0.25) is 5.91 Å². The van der Waals surface area contributed by atoms with Gasteiger partial charge in [0, 0.05) is 37.7 Å². The molecule has 2 aliphatic heterocycles. The summed E-state index contributed by atoms with van der Waals surface area (Å²) in [5.74, 6) is -0.00676. The number of carbonyl (C=O) groups excluding carboxylic acids is 2. The first kappa shape index (κ1) is 19.4. The zero-order valence-corrected chi connectivity index (χ0v) is 16.7. The number of aryl methyl sites for hydroxylation is 1. The number of piperidine rings is 2. The number of benzene rings is 1. The van der Waals surface area contributed by atoms with Crippen molar-refractivity contribution in [1.82, 2.24) is 19.8 Å². The molecule has 0 unspecified atom stereocenters. The highest BCUT2D eigenvalue weighted by atomic mass is 16.3. The third kappa shape index (κ3) is 4.09. The van der Waals surface area contributed by atoms with Gasteiger partial charge in [0.1, 0.15) is 5.75 Å². The van der Waals surface area contributed by atoms with E-state index in [1.54, 1.807) is 30.6 Å². The number of hydrogen-bond acceptors (Lipinski definition) is 5. The summed E-state index contributed by atoms with van der Waals surface area (Å²) in [4.78, 5) is 37.9. The number of rotatable bonds is 3. The predicted octanol–water partition coefficient (Wildman–Crippen LogP) is 2.54. The van der Waals surface area contributed by atoms with E-state index in [4.69, 9.17) is 0 Å². The third-order valence-electron chi connectivity index (χ3n) is 6.02. The second kappa shape index (κ2) is 7.81. The van der Waals surface area contributed by atoms with Crippen LogP contribution < -0.4 is 0 Å². The van der Waals surface area contributed by atoms with Gasteiger partial charge in [0.25, 0.3) is 5.91 Å². The number of aromatic hydroxyl groups is 1. The molecule has 2 aliphatic rings. The van der Waals surface area contributed by atoms with E-state index >= 15 is 0 Å². The molecule has 1 N–H and O–H groups in total. The molecule has 0 radical (unpaired) electrons. The lowest BCUT2D eigenvalue weighted by Gasteiger charge is -2.48. The van der Waals surface area contributed by atoms with Crippen LogP contribution in [-0.2, 0) is 11.3 Å².